The molecule has 1 heterocycles. The molecule has 2 atom stereocenters. The van der Waals surface area contributed by atoms with Crippen LogP contribution in [0.3, 0.4) is 0 Å². The Morgan fingerprint density at radius 2 is 2.47 bits per heavy atom. The van der Waals surface area contributed by atoms with Crippen molar-refractivity contribution in [3.05, 3.63) is 16.1 Å². The molecule has 0 bridgehead atoms. The van der Waals surface area contributed by atoms with E-state index in [1.807, 2.05) is 13.8 Å². The van der Waals surface area contributed by atoms with Gasteiger partial charge < -0.3 is 16.2 Å². The van der Waals surface area contributed by atoms with Crippen LogP contribution in [0.1, 0.15) is 35.8 Å². The van der Waals surface area contributed by atoms with Crippen LogP contribution in [0.5, 0.6) is 0 Å². The highest BCUT2D eigenvalue weighted by atomic mass is 32.1. The lowest BCUT2D eigenvalue weighted by molar-refractivity contribution is -0.0690. The van der Waals surface area contributed by atoms with Gasteiger partial charge in [0.25, 0.3) is 5.91 Å². The largest absolute Gasteiger partial charge is 0.392 e. The second kappa shape index (κ2) is 4.36. The van der Waals surface area contributed by atoms with Gasteiger partial charge in [0.1, 0.15) is 10.7 Å². The van der Waals surface area contributed by atoms with Gasteiger partial charge in [-0.3, -0.25) is 4.79 Å². The Morgan fingerprint density at radius 1 is 1.76 bits per heavy atom. The van der Waals surface area contributed by atoms with Crippen molar-refractivity contribution in [3.63, 3.8) is 0 Å². The fourth-order valence-electron chi connectivity index (χ4n) is 1.89. The van der Waals surface area contributed by atoms with Crippen LogP contribution >= 0.6 is 11.3 Å². The molecular weight excluding hydrogens is 238 g/mol. The summed E-state index contributed by atoms with van der Waals surface area (Å²) in [6.45, 7) is 4.24. The molecule has 5 nitrogen and oxygen atoms in total. The number of aromatic nitrogens is 1. The zero-order chi connectivity index (χ0) is 12.6. The Morgan fingerprint density at radius 3 is 2.94 bits per heavy atom. The normalized spacial score (nSPS) is 26.4. The van der Waals surface area contributed by atoms with Gasteiger partial charge in [-0.15, -0.1) is 11.3 Å². The first-order valence-corrected chi connectivity index (χ1v) is 6.46. The fourth-order valence-corrected chi connectivity index (χ4v) is 2.54. The van der Waals surface area contributed by atoms with E-state index < -0.39 is 0 Å². The highest BCUT2D eigenvalue weighted by Gasteiger charge is 2.48. The average molecular weight is 255 g/mol. The molecule has 1 aromatic rings. The Hall–Kier alpha value is -0.980. The van der Waals surface area contributed by atoms with E-state index >= 15 is 0 Å². The van der Waals surface area contributed by atoms with Crippen LogP contribution in [0, 0.1) is 5.41 Å². The van der Waals surface area contributed by atoms with Crippen LogP contribution < -0.4 is 11.1 Å². The molecule has 0 saturated heterocycles. The van der Waals surface area contributed by atoms with Gasteiger partial charge in [-0.25, -0.2) is 4.98 Å². The highest BCUT2D eigenvalue weighted by molar-refractivity contribution is 7.09. The standard InChI is InChI=1S/C11H17N3O2S/c1-11(2)7(3-8(11)15)14-10(16)6-5-17-9(4-12)13-6/h5,7-8,15H,3-4,12H2,1-2H3,(H,14,16). The zero-order valence-corrected chi connectivity index (χ0v) is 10.8. The monoisotopic (exact) mass is 255 g/mol. The van der Waals surface area contributed by atoms with Crippen LogP contribution in [0.2, 0.25) is 0 Å². The molecule has 1 aromatic heterocycles. The number of nitrogens with one attached hydrogen (secondary N) is 1. The maximum absolute atomic E-state index is 11.9. The SMILES string of the molecule is CC1(C)C(O)CC1NC(=O)c1csc(CN)n1. The summed E-state index contributed by atoms with van der Waals surface area (Å²) < 4.78 is 0. The third-order valence-corrected chi connectivity index (χ3v) is 4.35. The Labute approximate surface area is 104 Å². The first kappa shape index (κ1) is 12.5. The number of aliphatic hydroxyl groups excluding tert-OH is 1. The first-order valence-electron chi connectivity index (χ1n) is 5.58. The summed E-state index contributed by atoms with van der Waals surface area (Å²) in [6, 6.07) is 0.00743. The van der Waals surface area contributed by atoms with E-state index in [9.17, 15) is 9.90 Å². The topological polar surface area (TPSA) is 88.2 Å². The van der Waals surface area contributed by atoms with Crippen molar-refractivity contribution in [2.75, 3.05) is 0 Å². The number of carbonyl (C=O) groups excluding carboxylic acids is 1. The van der Waals surface area contributed by atoms with Crippen molar-refractivity contribution in [2.24, 2.45) is 11.1 Å². The summed E-state index contributed by atoms with van der Waals surface area (Å²) in [6.07, 6.45) is 0.259. The van der Waals surface area contributed by atoms with E-state index in [1.165, 1.54) is 11.3 Å². The van der Waals surface area contributed by atoms with Crippen molar-refractivity contribution in [3.8, 4) is 0 Å². The molecule has 17 heavy (non-hydrogen) atoms. The molecule has 1 amide bonds. The summed E-state index contributed by atoms with van der Waals surface area (Å²) in [4.78, 5) is 16.0. The molecule has 2 unspecified atom stereocenters. The number of aliphatic hydroxyl groups is 1. The van der Waals surface area contributed by atoms with Crippen molar-refractivity contribution in [1.29, 1.82) is 0 Å². The molecule has 0 radical (unpaired) electrons. The van der Waals surface area contributed by atoms with Gasteiger partial charge in [0.15, 0.2) is 0 Å². The van der Waals surface area contributed by atoms with E-state index in [2.05, 4.69) is 10.3 Å². The molecular formula is C11H17N3O2S. The number of thiazole rings is 1. The lowest BCUT2D eigenvalue weighted by Gasteiger charge is -2.49. The van der Waals surface area contributed by atoms with Gasteiger partial charge in [0, 0.05) is 23.4 Å². The third-order valence-electron chi connectivity index (χ3n) is 3.48. The third kappa shape index (κ3) is 2.20. The minimum Gasteiger partial charge on any atom is -0.392 e. The van der Waals surface area contributed by atoms with Gasteiger partial charge in [-0.2, -0.15) is 0 Å². The highest BCUT2D eigenvalue weighted by Crippen LogP contribution is 2.40. The van der Waals surface area contributed by atoms with Gasteiger partial charge in [0.2, 0.25) is 0 Å². The second-order valence-electron chi connectivity index (χ2n) is 4.93. The Kier molecular flexibility index (Phi) is 3.20. The van der Waals surface area contributed by atoms with E-state index in [4.69, 9.17) is 5.73 Å². The lowest BCUT2D eigenvalue weighted by atomic mass is 9.64. The van der Waals surface area contributed by atoms with Crippen LogP contribution in [0.15, 0.2) is 5.38 Å². The zero-order valence-electron chi connectivity index (χ0n) is 9.93. The minimum atomic E-state index is -0.345. The molecule has 0 spiro atoms. The second-order valence-corrected chi connectivity index (χ2v) is 5.87. The summed E-state index contributed by atoms with van der Waals surface area (Å²) in [7, 11) is 0. The molecule has 1 aliphatic carbocycles. The Balaban J connectivity index is 1.98. The summed E-state index contributed by atoms with van der Waals surface area (Å²) >= 11 is 1.38. The van der Waals surface area contributed by atoms with Crippen LogP contribution in [0.25, 0.3) is 0 Å². The minimum absolute atomic E-state index is 0.00743. The maximum atomic E-state index is 11.9. The van der Waals surface area contributed by atoms with E-state index in [0.29, 0.717) is 18.7 Å². The summed E-state index contributed by atoms with van der Waals surface area (Å²) in [5.74, 6) is -0.189. The smallest absolute Gasteiger partial charge is 0.270 e. The van der Waals surface area contributed by atoms with Crippen LogP contribution in [-0.4, -0.2) is 28.1 Å². The molecule has 1 saturated carbocycles. The number of hydrogen-bond acceptors (Lipinski definition) is 5. The number of rotatable bonds is 3. The number of amides is 1. The Bertz CT molecular complexity index is 430. The first-order chi connectivity index (χ1) is 7.95. The molecule has 6 heteroatoms. The van der Waals surface area contributed by atoms with Gasteiger partial charge in [-0.05, 0) is 6.42 Å². The lowest BCUT2D eigenvalue weighted by Crippen LogP contribution is -2.61. The summed E-state index contributed by atoms with van der Waals surface area (Å²) in [5.41, 5.74) is 5.59. The van der Waals surface area contributed by atoms with Crippen LogP contribution in [0.4, 0.5) is 0 Å². The van der Waals surface area contributed by atoms with E-state index in [1.54, 1.807) is 5.38 Å². The van der Waals surface area contributed by atoms with Crippen molar-refractivity contribution >= 4 is 17.2 Å². The van der Waals surface area contributed by atoms with Crippen molar-refractivity contribution in [1.82, 2.24) is 10.3 Å². The molecule has 94 valence electrons. The predicted octanol–water partition coefficient (Wildman–Crippen LogP) is 0.491. The maximum Gasteiger partial charge on any atom is 0.270 e. The van der Waals surface area contributed by atoms with Gasteiger partial charge in [0.05, 0.1) is 6.10 Å². The predicted molar refractivity (Wildman–Crippen MR) is 65.7 cm³/mol. The molecule has 2 rings (SSSR count). The van der Waals surface area contributed by atoms with Gasteiger partial charge in [-0.1, -0.05) is 13.8 Å². The van der Waals surface area contributed by atoms with Crippen molar-refractivity contribution in [2.45, 2.75) is 39.0 Å². The van der Waals surface area contributed by atoms with E-state index in [-0.39, 0.29) is 23.5 Å². The summed E-state index contributed by atoms with van der Waals surface area (Å²) in [5, 5.41) is 14.9. The van der Waals surface area contributed by atoms with Crippen molar-refractivity contribution < 1.29 is 9.90 Å². The molecule has 1 fully saturated rings. The fraction of sp³-hybridized carbons (Fsp3) is 0.636. The average Bonchev–Trinajstić information content (AvgIpc) is 2.77. The number of carbonyl (C=O) groups is 1. The van der Waals surface area contributed by atoms with Gasteiger partial charge >= 0.3 is 0 Å². The number of hydrogen-bond donors (Lipinski definition) is 3. The quantitative estimate of drug-likeness (QED) is 0.733. The molecule has 1 aliphatic rings. The van der Waals surface area contributed by atoms with E-state index in [0.717, 1.165) is 5.01 Å². The number of nitrogens with two attached hydrogens (primary N) is 1. The molecule has 4 N–H and O–H groups in total. The number of nitrogens with zero attached hydrogens (tertiary/aromatic N) is 1. The van der Waals surface area contributed by atoms with Crippen LogP contribution in [-0.2, 0) is 6.54 Å². The molecule has 0 aliphatic heterocycles. The molecule has 0 aromatic carbocycles.